The summed E-state index contributed by atoms with van der Waals surface area (Å²) >= 11 is 1.40. The first-order chi connectivity index (χ1) is 21.4. The Labute approximate surface area is 255 Å². The molecule has 12 heteroatoms. The van der Waals surface area contributed by atoms with Crippen molar-refractivity contribution in [3.05, 3.63) is 141 Å². The van der Waals surface area contributed by atoms with Crippen LogP contribution in [0.1, 0.15) is 38.8 Å². The predicted octanol–water partition coefficient (Wildman–Crippen LogP) is 3.81. The van der Waals surface area contributed by atoms with Gasteiger partial charge < -0.3 is 20.4 Å². The van der Waals surface area contributed by atoms with Gasteiger partial charge in [0.25, 0.3) is 5.91 Å². The largest absolute Gasteiger partial charge is 0.482 e. The van der Waals surface area contributed by atoms with Crippen LogP contribution in [0.2, 0.25) is 0 Å². The Bertz CT molecular complexity index is 1870. The van der Waals surface area contributed by atoms with Crippen LogP contribution in [0.5, 0.6) is 5.75 Å². The number of aromatic nitrogens is 1. The first kappa shape index (κ1) is 28.0. The van der Waals surface area contributed by atoms with E-state index >= 15 is 4.39 Å². The number of fused-ring (bicyclic) bond motifs is 4. The highest BCUT2D eigenvalue weighted by Gasteiger charge is 2.49. The standard InChI is InChI=1S/C32H28F2N6O3S/c33-23-11-10-20-22(27(23)34)18-44-26-9-5-4-8-21(26)28(20)40-31-24(16-35)38(36)15-14-37(31)32(42)29-30(25(41)12-13-39(29)40)43-17-19-6-2-1-3-7-19/h1-13,16,28,31H,14-15,17-18,35-36H2/b24-16-/t28?,31-/m1/s1. The molecule has 44 heavy (non-hydrogen) atoms. The number of carbonyl (C=O) groups is 1. The van der Waals surface area contributed by atoms with Gasteiger partial charge in [0.2, 0.25) is 5.43 Å². The molecular formula is C32H28F2N6O3S. The van der Waals surface area contributed by atoms with E-state index < -0.39 is 35.2 Å². The molecule has 1 fully saturated rings. The van der Waals surface area contributed by atoms with Crippen molar-refractivity contribution in [3.8, 4) is 5.75 Å². The molecule has 4 heterocycles. The zero-order chi connectivity index (χ0) is 30.5. The number of hydrazine groups is 1. The van der Waals surface area contributed by atoms with Gasteiger partial charge in [-0.3, -0.25) is 19.3 Å². The molecule has 2 atom stereocenters. The van der Waals surface area contributed by atoms with Crippen molar-refractivity contribution >= 4 is 17.7 Å². The quantitative estimate of drug-likeness (QED) is 0.334. The summed E-state index contributed by atoms with van der Waals surface area (Å²) in [5.41, 5.74) is 8.47. The van der Waals surface area contributed by atoms with E-state index in [0.717, 1.165) is 22.1 Å². The number of carbonyl (C=O) groups excluding carboxylic acids is 1. The summed E-state index contributed by atoms with van der Waals surface area (Å²) in [5.74, 6) is 4.17. The molecule has 0 radical (unpaired) electrons. The van der Waals surface area contributed by atoms with Crippen LogP contribution in [0.3, 0.4) is 0 Å². The Hall–Kier alpha value is -4.81. The van der Waals surface area contributed by atoms with Gasteiger partial charge in [0.05, 0.1) is 18.3 Å². The highest BCUT2D eigenvalue weighted by molar-refractivity contribution is 7.98. The van der Waals surface area contributed by atoms with Crippen LogP contribution in [0.15, 0.2) is 101 Å². The molecule has 1 amide bonds. The molecule has 1 aromatic heterocycles. The topological polar surface area (TPSA) is 110 Å². The molecule has 0 saturated carbocycles. The van der Waals surface area contributed by atoms with E-state index in [2.05, 4.69) is 0 Å². The first-order valence-electron chi connectivity index (χ1n) is 14.0. The number of piperazine rings is 1. The molecule has 3 aliphatic heterocycles. The molecule has 0 bridgehead atoms. The zero-order valence-electron chi connectivity index (χ0n) is 23.4. The lowest BCUT2D eigenvalue weighted by Gasteiger charge is -2.54. The van der Waals surface area contributed by atoms with Gasteiger partial charge in [0.1, 0.15) is 6.61 Å². The smallest absolute Gasteiger partial charge is 0.278 e. The Kier molecular flexibility index (Phi) is 7.02. The van der Waals surface area contributed by atoms with Crippen LogP contribution >= 0.6 is 11.8 Å². The lowest BCUT2D eigenvalue weighted by molar-refractivity contribution is 0.0426. The average molecular weight is 615 g/mol. The molecule has 1 saturated heterocycles. The first-order valence-corrected chi connectivity index (χ1v) is 15.0. The highest BCUT2D eigenvalue weighted by Crippen LogP contribution is 2.46. The number of amides is 1. The molecule has 3 aromatic carbocycles. The Morgan fingerprint density at radius 1 is 0.955 bits per heavy atom. The highest BCUT2D eigenvalue weighted by atomic mass is 32.2. The summed E-state index contributed by atoms with van der Waals surface area (Å²) in [7, 11) is 0. The summed E-state index contributed by atoms with van der Waals surface area (Å²) in [6.45, 7) is 0.553. The minimum absolute atomic E-state index is 0.0186. The summed E-state index contributed by atoms with van der Waals surface area (Å²) in [5, 5.41) is 3.33. The minimum atomic E-state index is -0.946. The number of thioether (sulfide) groups is 1. The van der Waals surface area contributed by atoms with Gasteiger partial charge in [-0.15, -0.1) is 11.8 Å². The van der Waals surface area contributed by atoms with Crippen molar-refractivity contribution in [2.45, 2.75) is 29.5 Å². The van der Waals surface area contributed by atoms with Crippen molar-refractivity contribution in [1.82, 2.24) is 14.6 Å². The van der Waals surface area contributed by atoms with E-state index in [1.165, 1.54) is 35.2 Å². The monoisotopic (exact) mass is 614 g/mol. The fraction of sp³-hybridized carbons (Fsp3) is 0.188. The van der Waals surface area contributed by atoms with Gasteiger partial charge >= 0.3 is 0 Å². The molecule has 0 spiro atoms. The fourth-order valence-electron chi connectivity index (χ4n) is 6.18. The average Bonchev–Trinajstić information content (AvgIpc) is 3.20. The van der Waals surface area contributed by atoms with Crippen molar-refractivity contribution in [2.75, 3.05) is 18.1 Å². The molecule has 3 aliphatic rings. The van der Waals surface area contributed by atoms with E-state index in [1.54, 1.807) is 15.6 Å². The van der Waals surface area contributed by atoms with Gasteiger partial charge in [-0.1, -0.05) is 54.6 Å². The normalized spacial score (nSPS) is 20.0. The predicted molar refractivity (Wildman–Crippen MR) is 162 cm³/mol. The molecule has 4 N–H and O–H groups in total. The Balaban J connectivity index is 1.50. The second-order valence-corrected chi connectivity index (χ2v) is 11.7. The fourth-order valence-corrected chi connectivity index (χ4v) is 7.30. The lowest BCUT2D eigenvalue weighted by Crippen LogP contribution is -2.69. The van der Waals surface area contributed by atoms with Crippen LogP contribution < -0.4 is 26.8 Å². The maximum absolute atomic E-state index is 15.5. The molecule has 1 unspecified atom stereocenters. The number of pyridine rings is 1. The maximum Gasteiger partial charge on any atom is 0.278 e. The van der Waals surface area contributed by atoms with E-state index in [9.17, 15) is 14.0 Å². The number of nitrogens with zero attached hydrogens (tertiary/aromatic N) is 4. The third-order valence-electron chi connectivity index (χ3n) is 8.24. The van der Waals surface area contributed by atoms with Gasteiger partial charge in [-0.05, 0) is 28.8 Å². The van der Waals surface area contributed by atoms with Gasteiger partial charge in [0, 0.05) is 41.2 Å². The second-order valence-electron chi connectivity index (χ2n) is 10.7. The van der Waals surface area contributed by atoms with E-state index in [-0.39, 0.29) is 42.5 Å². The van der Waals surface area contributed by atoms with Crippen LogP contribution in [0.4, 0.5) is 8.78 Å². The number of nitrogens with two attached hydrogens (primary N) is 2. The van der Waals surface area contributed by atoms with Gasteiger partial charge in [-0.2, -0.15) is 0 Å². The van der Waals surface area contributed by atoms with Crippen molar-refractivity contribution < 1.29 is 18.3 Å². The molecular weight excluding hydrogens is 586 g/mol. The van der Waals surface area contributed by atoms with Crippen molar-refractivity contribution in [3.63, 3.8) is 0 Å². The maximum atomic E-state index is 15.5. The van der Waals surface area contributed by atoms with E-state index in [1.807, 2.05) is 59.6 Å². The molecule has 7 rings (SSSR count). The summed E-state index contributed by atoms with van der Waals surface area (Å²) < 4.78 is 37.8. The number of halogens is 2. The lowest BCUT2D eigenvalue weighted by atomic mass is 9.92. The molecule has 4 aromatic rings. The Morgan fingerprint density at radius 3 is 2.52 bits per heavy atom. The van der Waals surface area contributed by atoms with E-state index in [4.69, 9.17) is 16.3 Å². The number of benzene rings is 3. The summed E-state index contributed by atoms with van der Waals surface area (Å²) in [6, 6.07) is 20.2. The second kappa shape index (κ2) is 11.0. The van der Waals surface area contributed by atoms with Gasteiger partial charge in [-0.25, -0.2) is 14.6 Å². The number of hydrogen-bond acceptors (Lipinski definition) is 8. The summed E-state index contributed by atoms with van der Waals surface area (Å²) in [6.07, 6.45) is 2.00. The number of hydrogen-bond donors (Lipinski definition) is 2. The number of ether oxygens (including phenoxy) is 1. The van der Waals surface area contributed by atoms with Crippen molar-refractivity contribution in [2.24, 2.45) is 11.6 Å². The zero-order valence-corrected chi connectivity index (χ0v) is 24.2. The third-order valence-corrected chi connectivity index (χ3v) is 9.36. The van der Waals surface area contributed by atoms with E-state index in [0.29, 0.717) is 11.3 Å². The molecule has 224 valence electrons. The summed E-state index contributed by atoms with van der Waals surface area (Å²) in [4.78, 5) is 30.1. The van der Waals surface area contributed by atoms with Crippen LogP contribution in [-0.4, -0.2) is 39.7 Å². The van der Waals surface area contributed by atoms with Crippen LogP contribution in [0.25, 0.3) is 0 Å². The van der Waals surface area contributed by atoms with Gasteiger partial charge in [0.15, 0.2) is 29.2 Å². The van der Waals surface area contributed by atoms with Crippen LogP contribution in [0, 0.1) is 11.6 Å². The third kappa shape index (κ3) is 4.40. The van der Waals surface area contributed by atoms with Crippen LogP contribution in [-0.2, 0) is 12.4 Å². The minimum Gasteiger partial charge on any atom is -0.482 e. The Morgan fingerprint density at radius 2 is 1.73 bits per heavy atom. The molecule has 9 nitrogen and oxygen atoms in total. The SMILES string of the molecule is N/C=C1/[C@@H]2N(CCN1N)C(=O)c1c(OCc3ccccc3)c(=O)ccn1N2C1c2ccccc2SCc2c1ccc(F)c2F. The number of rotatable bonds is 4. The molecule has 0 aliphatic carbocycles. The van der Waals surface area contributed by atoms with Crippen molar-refractivity contribution in [1.29, 1.82) is 0 Å².